The zero-order valence-electron chi connectivity index (χ0n) is 11.8. The van der Waals surface area contributed by atoms with Crippen molar-refractivity contribution in [2.24, 2.45) is 23.0 Å². The Balaban J connectivity index is 1.80. The Bertz CT molecular complexity index is 292. The lowest BCUT2D eigenvalue weighted by molar-refractivity contribution is 0.428. The second-order valence-electron chi connectivity index (χ2n) is 6.96. The van der Waals surface area contributed by atoms with Gasteiger partial charge in [0.05, 0.1) is 0 Å². The number of rotatable bonds is 4. The minimum Gasteiger partial charge on any atom is -0.327 e. The minimum atomic E-state index is 0.390. The van der Waals surface area contributed by atoms with E-state index in [0.29, 0.717) is 11.5 Å². The van der Waals surface area contributed by atoms with Gasteiger partial charge in [-0.3, -0.25) is 0 Å². The molecule has 2 aliphatic carbocycles. The Labute approximate surface area is 107 Å². The van der Waals surface area contributed by atoms with E-state index in [9.17, 15) is 0 Å². The molecule has 0 aromatic heterocycles. The number of hydrogen-bond acceptors (Lipinski definition) is 1. The van der Waals surface area contributed by atoms with Crippen molar-refractivity contribution in [3.05, 3.63) is 11.6 Å². The molecule has 1 nitrogen and oxygen atoms in total. The van der Waals surface area contributed by atoms with E-state index >= 15 is 0 Å². The van der Waals surface area contributed by atoms with Crippen LogP contribution >= 0.6 is 0 Å². The summed E-state index contributed by atoms with van der Waals surface area (Å²) in [6, 6.07) is 0.390. The second kappa shape index (κ2) is 5.14. The van der Waals surface area contributed by atoms with E-state index in [1.807, 2.05) is 0 Å². The Morgan fingerprint density at radius 1 is 1.35 bits per heavy atom. The highest BCUT2D eigenvalue weighted by molar-refractivity contribution is 5.39. The van der Waals surface area contributed by atoms with Crippen LogP contribution in [0.15, 0.2) is 11.6 Å². The van der Waals surface area contributed by atoms with Crippen LogP contribution in [0.25, 0.3) is 0 Å². The van der Waals surface area contributed by atoms with Crippen molar-refractivity contribution in [3.8, 4) is 0 Å². The second-order valence-corrected chi connectivity index (χ2v) is 6.96. The molecule has 0 bridgehead atoms. The summed E-state index contributed by atoms with van der Waals surface area (Å²) in [6.07, 6.45) is 11.9. The zero-order chi connectivity index (χ0) is 12.5. The van der Waals surface area contributed by atoms with Crippen molar-refractivity contribution in [3.63, 3.8) is 0 Å². The molecule has 17 heavy (non-hydrogen) atoms. The van der Waals surface area contributed by atoms with Crippen molar-refractivity contribution in [1.82, 2.24) is 0 Å². The van der Waals surface area contributed by atoms with Gasteiger partial charge in [0.15, 0.2) is 0 Å². The highest BCUT2D eigenvalue weighted by atomic mass is 14.6. The quantitative estimate of drug-likeness (QED) is 0.723. The lowest BCUT2D eigenvalue weighted by Gasteiger charge is -2.19. The van der Waals surface area contributed by atoms with Crippen LogP contribution in [0, 0.1) is 17.3 Å². The summed E-state index contributed by atoms with van der Waals surface area (Å²) in [5.74, 6) is 1.67. The van der Waals surface area contributed by atoms with Crippen LogP contribution in [-0.4, -0.2) is 6.04 Å². The van der Waals surface area contributed by atoms with Gasteiger partial charge in [0.2, 0.25) is 0 Å². The van der Waals surface area contributed by atoms with Gasteiger partial charge < -0.3 is 5.73 Å². The van der Waals surface area contributed by atoms with Gasteiger partial charge in [-0.15, -0.1) is 0 Å². The van der Waals surface area contributed by atoms with Crippen molar-refractivity contribution in [2.45, 2.75) is 71.8 Å². The van der Waals surface area contributed by atoms with Crippen LogP contribution in [0.2, 0.25) is 0 Å². The maximum absolute atomic E-state index is 6.23. The van der Waals surface area contributed by atoms with Gasteiger partial charge >= 0.3 is 0 Å². The van der Waals surface area contributed by atoms with Crippen LogP contribution in [0.3, 0.4) is 0 Å². The van der Waals surface area contributed by atoms with Crippen LogP contribution in [-0.2, 0) is 0 Å². The number of hydrogen-bond donors (Lipinski definition) is 1. The summed E-state index contributed by atoms with van der Waals surface area (Å²) >= 11 is 0. The fourth-order valence-corrected chi connectivity index (χ4v) is 3.54. The average molecular weight is 235 g/mol. The van der Waals surface area contributed by atoms with E-state index in [1.165, 1.54) is 38.5 Å². The third-order valence-electron chi connectivity index (χ3n) is 4.67. The molecule has 1 saturated carbocycles. The first-order valence-electron chi connectivity index (χ1n) is 7.49. The molecule has 0 heterocycles. The predicted molar refractivity (Wildman–Crippen MR) is 74.8 cm³/mol. The average Bonchev–Trinajstić information content (AvgIpc) is 2.91. The summed E-state index contributed by atoms with van der Waals surface area (Å²) in [5.41, 5.74) is 8.47. The van der Waals surface area contributed by atoms with Crippen molar-refractivity contribution >= 4 is 0 Å². The molecule has 1 spiro atoms. The van der Waals surface area contributed by atoms with Gasteiger partial charge in [-0.2, -0.15) is 0 Å². The van der Waals surface area contributed by atoms with E-state index in [4.69, 9.17) is 5.73 Å². The first kappa shape index (κ1) is 13.1. The topological polar surface area (TPSA) is 26.0 Å². The largest absolute Gasteiger partial charge is 0.327 e. The molecule has 2 N–H and O–H groups in total. The van der Waals surface area contributed by atoms with E-state index in [0.717, 1.165) is 18.3 Å². The lowest BCUT2D eigenvalue weighted by atomic mass is 9.87. The molecule has 0 amide bonds. The van der Waals surface area contributed by atoms with Gasteiger partial charge in [-0.05, 0) is 43.9 Å². The van der Waals surface area contributed by atoms with E-state index in [2.05, 4.69) is 26.8 Å². The molecule has 2 aliphatic rings. The molecule has 0 saturated heterocycles. The summed E-state index contributed by atoms with van der Waals surface area (Å²) in [6.45, 7) is 6.94. The highest BCUT2D eigenvalue weighted by Crippen LogP contribution is 2.56. The molecule has 0 aromatic rings. The normalized spacial score (nSPS) is 34.6. The molecule has 3 atom stereocenters. The van der Waals surface area contributed by atoms with Crippen molar-refractivity contribution in [1.29, 1.82) is 0 Å². The fourth-order valence-electron chi connectivity index (χ4n) is 3.54. The smallest absolute Gasteiger partial charge is 0.00947 e. The molecule has 0 radical (unpaired) electrons. The van der Waals surface area contributed by atoms with Gasteiger partial charge in [0.1, 0.15) is 0 Å². The van der Waals surface area contributed by atoms with Gasteiger partial charge in [-0.25, -0.2) is 0 Å². The van der Waals surface area contributed by atoms with Gasteiger partial charge in [0.25, 0.3) is 0 Å². The van der Waals surface area contributed by atoms with E-state index in [1.54, 1.807) is 5.57 Å². The Morgan fingerprint density at radius 2 is 2.12 bits per heavy atom. The first-order chi connectivity index (χ1) is 8.02. The lowest BCUT2D eigenvalue weighted by Crippen LogP contribution is -2.23. The zero-order valence-corrected chi connectivity index (χ0v) is 11.8. The molecule has 98 valence electrons. The standard InChI is InChI=1S/C16H29N/c1-12(2)9-15(17)10-14-11-16(14)7-4-5-13(3)6-8-16/h11-13,15H,4-10,17H2,1-3H3. The third-order valence-corrected chi connectivity index (χ3v) is 4.67. The summed E-state index contributed by atoms with van der Waals surface area (Å²) in [5, 5.41) is 0. The molecule has 1 fully saturated rings. The summed E-state index contributed by atoms with van der Waals surface area (Å²) in [7, 11) is 0. The molecule has 2 rings (SSSR count). The minimum absolute atomic E-state index is 0.390. The SMILES string of the molecule is CC(C)CC(N)CC1=CC12CCCC(C)CC2. The number of nitrogens with two attached hydrogens (primary N) is 1. The third kappa shape index (κ3) is 3.34. The monoisotopic (exact) mass is 235 g/mol. The van der Waals surface area contributed by atoms with Crippen LogP contribution in [0.4, 0.5) is 0 Å². The molecule has 1 heteroatoms. The number of allylic oxidation sites excluding steroid dienone is 1. The van der Waals surface area contributed by atoms with Crippen molar-refractivity contribution < 1.29 is 0 Å². The van der Waals surface area contributed by atoms with Crippen LogP contribution < -0.4 is 5.73 Å². The first-order valence-corrected chi connectivity index (χ1v) is 7.49. The Kier molecular flexibility index (Phi) is 3.97. The van der Waals surface area contributed by atoms with E-state index in [-0.39, 0.29) is 0 Å². The predicted octanol–water partition coefficient (Wildman–Crippen LogP) is 4.28. The van der Waals surface area contributed by atoms with Crippen LogP contribution in [0.5, 0.6) is 0 Å². The molecular weight excluding hydrogens is 206 g/mol. The summed E-state index contributed by atoms with van der Waals surface area (Å²) < 4.78 is 0. The Hall–Kier alpha value is -0.300. The molecule has 0 aromatic carbocycles. The van der Waals surface area contributed by atoms with Gasteiger partial charge in [-0.1, -0.05) is 45.3 Å². The maximum Gasteiger partial charge on any atom is 0.00947 e. The van der Waals surface area contributed by atoms with Crippen molar-refractivity contribution in [2.75, 3.05) is 0 Å². The summed E-state index contributed by atoms with van der Waals surface area (Å²) in [4.78, 5) is 0. The van der Waals surface area contributed by atoms with Gasteiger partial charge in [0, 0.05) is 11.5 Å². The van der Waals surface area contributed by atoms with E-state index < -0.39 is 0 Å². The van der Waals surface area contributed by atoms with Crippen LogP contribution in [0.1, 0.15) is 65.7 Å². The fraction of sp³-hybridized carbons (Fsp3) is 0.875. The molecule has 3 unspecified atom stereocenters. The molecule has 0 aliphatic heterocycles. The molecular formula is C16H29N. The maximum atomic E-state index is 6.23. The highest BCUT2D eigenvalue weighted by Gasteiger charge is 2.43. The Morgan fingerprint density at radius 3 is 2.82 bits per heavy atom.